The topological polar surface area (TPSA) is 66.4 Å². The maximum Gasteiger partial charge on any atom is 0.150 e. The van der Waals surface area contributed by atoms with E-state index in [1.54, 1.807) is 0 Å². The molecular weight excluding hydrogens is 629 g/mol. The molecule has 0 saturated carbocycles. The fraction of sp³-hybridized carbons (Fsp3) is 0.333. The van der Waals surface area contributed by atoms with E-state index in [2.05, 4.69) is 31.1 Å². The van der Waals surface area contributed by atoms with Gasteiger partial charge in [0.1, 0.15) is 38.2 Å². The smallest absolute Gasteiger partial charge is 0.150 e. The van der Waals surface area contributed by atoms with Gasteiger partial charge in [-0.2, -0.15) is 0 Å². The Morgan fingerprint density at radius 3 is 1.59 bits per heavy atom. The first-order valence-corrected chi connectivity index (χ1v) is 20.5. The Bertz CT molecular complexity index is 1610. The van der Waals surface area contributed by atoms with Gasteiger partial charge in [-0.3, -0.25) is 0 Å². The monoisotopic (exact) mass is 676 g/mol. The average Bonchev–Trinajstić information content (AvgIpc) is 3.12. The van der Waals surface area contributed by atoms with Crippen molar-refractivity contribution in [2.24, 2.45) is 0 Å². The zero-order valence-corrected chi connectivity index (χ0v) is 29.7. The third-order valence-corrected chi connectivity index (χ3v) is 8.84. The normalized spacial score (nSPS) is 20.6. The van der Waals surface area contributed by atoms with Crippen LogP contribution in [0.15, 0.2) is 133 Å². The van der Waals surface area contributed by atoms with E-state index in [4.69, 9.17) is 23.7 Å². The molecule has 7 heteroatoms. The van der Waals surface area contributed by atoms with Crippen LogP contribution >= 0.6 is 0 Å². The van der Waals surface area contributed by atoms with E-state index < -0.39 is 38.6 Å². The lowest BCUT2D eigenvalue weighted by Crippen LogP contribution is -2.56. The van der Waals surface area contributed by atoms with Gasteiger partial charge >= 0.3 is 0 Å². The van der Waals surface area contributed by atoms with Crippen molar-refractivity contribution < 1.29 is 28.8 Å². The number of aliphatic hydroxyl groups is 1. The van der Waals surface area contributed by atoms with Crippen LogP contribution in [0, 0.1) is 11.5 Å². The highest BCUT2D eigenvalue weighted by atomic mass is 28.3. The zero-order valence-electron chi connectivity index (χ0n) is 28.7. The summed E-state index contributed by atoms with van der Waals surface area (Å²) >= 11 is 0. The van der Waals surface area contributed by atoms with Crippen LogP contribution in [-0.4, -0.2) is 50.3 Å². The standard InChI is InChI=1S/C42H48O6Si/c1-49(2,3)27-26-37(43)24-25-38-40(45-29-34-18-10-5-11-19-34)42(47-31-36-22-14-7-15-23-36)41(46-30-35-20-12-6-13-21-35)39(48-38)32-44-28-33-16-8-4-9-17-33/h4-23,25,37,39-43H,24,28-32H2,1-3H3/b38-25-/t37-,39-,40+,41-,42-/m1/s1. The minimum Gasteiger partial charge on any atom is -0.487 e. The highest BCUT2D eigenvalue weighted by Gasteiger charge is 2.46. The molecule has 0 aromatic heterocycles. The van der Waals surface area contributed by atoms with Gasteiger partial charge in [0.2, 0.25) is 0 Å². The maximum absolute atomic E-state index is 10.9. The molecular formula is C42H48O6Si. The van der Waals surface area contributed by atoms with Gasteiger partial charge in [0, 0.05) is 6.42 Å². The molecule has 5 rings (SSSR count). The lowest BCUT2D eigenvalue weighted by atomic mass is 9.96. The van der Waals surface area contributed by atoms with Crippen molar-refractivity contribution in [3.05, 3.63) is 155 Å². The molecule has 1 N–H and O–H groups in total. The fourth-order valence-corrected chi connectivity index (χ4v) is 6.06. The summed E-state index contributed by atoms with van der Waals surface area (Å²) in [6.07, 6.45) is -0.862. The van der Waals surface area contributed by atoms with Crippen LogP contribution in [0.2, 0.25) is 19.6 Å². The molecule has 1 saturated heterocycles. The number of benzene rings is 4. The van der Waals surface area contributed by atoms with E-state index in [0.717, 1.165) is 22.3 Å². The second kappa shape index (κ2) is 18.7. The summed E-state index contributed by atoms with van der Waals surface area (Å²) in [6, 6.07) is 40.3. The van der Waals surface area contributed by atoms with Crippen LogP contribution in [0.4, 0.5) is 0 Å². The molecule has 0 radical (unpaired) electrons. The van der Waals surface area contributed by atoms with E-state index in [1.807, 2.05) is 127 Å². The maximum atomic E-state index is 10.9. The predicted molar refractivity (Wildman–Crippen MR) is 196 cm³/mol. The van der Waals surface area contributed by atoms with Gasteiger partial charge in [0.15, 0.2) is 6.10 Å². The van der Waals surface area contributed by atoms with Crippen LogP contribution in [0.5, 0.6) is 0 Å². The molecule has 49 heavy (non-hydrogen) atoms. The zero-order chi connectivity index (χ0) is 34.3. The molecule has 4 aromatic rings. The Hall–Kier alpha value is -4.00. The quantitative estimate of drug-likeness (QED) is 0.102. The molecule has 0 bridgehead atoms. The summed E-state index contributed by atoms with van der Waals surface area (Å²) in [5, 5.41) is 10.9. The van der Waals surface area contributed by atoms with Crippen LogP contribution in [0.3, 0.4) is 0 Å². The van der Waals surface area contributed by atoms with Crippen LogP contribution in [0.1, 0.15) is 28.7 Å². The molecule has 1 aliphatic rings. The molecule has 0 unspecified atom stereocenters. The number of ether oxygens (including phenoxy) is 5. The van der Waals surface area contributed by atoms with E-state index in [-0.39, 0.29) is 13.0 Å². The molecule has 1 aliphatic heterocycles. The van der Waals surface area contributed by atoms with Crippen molar-refractivity contribution >= 4 is 8.07 Å². The Morgan fingerprint density at radius 2 is 1.10 bits per heavy atom. The number of rotatable bonds is 15. The molecule has 0 amide bonds. The number of hydrogen-bond acceptors (Lipinski definition) is 6. The van der Waals surface area contributed by atoms with Crippen molar-refractivity contribution in [3.63, 3.8) is 0 Å². The van der Waals surface area contributed by atoms with Crippen molar-refractivity contribution in [2.75, 3.05) is 6.61 Å². The van der Waals surface area contributed by atoms with Crippen molar-refractivity contribution in [1.82, 2.24) is 0 Å². The molecule has 4 aromatic carbocycles. The third kappa shape index (κ3) is 12.1. The van der Waals surface area contributed by atoms with E-state index in [1.165, 1.54) is 0 Å². The summed E-state index contributed by atoms with van der Waals surface area (Å²) in [4.78, 5) is 0. The number of hydrogen-bond donors (Lipinski definition) is 1. The second-order valence-electron chi connectivity index (χ2n) is 13.3. The van der Waals surface area contributed by atoms with Gasteiger partial charge in [-0.15, -0.1) is 5.54 Å². The molecule has 5 atom stereocenters. The van der Waals surface area contributed by atoms with Crippen molar-refractivity contribution in [1.29, 1.82) is 0 Å². The average molecular weight is 677 g/mol. The lowest BCUT2D eigenvalue weighted by molar-refractivity contribution is -0.223. The third-order valence-electron chi connectivity index (χ3n) is 7.95. The van der Waals surface area contributed by atoms with Gasteiger partial charge in [0.25, 0.3) is 0 Å². The summed E-state index contributed by atoms with van der Waals surface area (Å²) in [5.41, 5.74) is 7.46. The van der Waals surface area contributed by atoms with Crippen LogP contribution in [-0.2, 0) is 50.1 Å². The predicted octanol–water partition coefficient (Wildman–Crippen LogP) is 7.87. The Labute approximate surface area is 292 Å². The molecule has 6 nitrogen and oxygen atoms in total. The first-order valence-electron chi connectivity index (χ1n) is 17.0. The first-order chi connectivity index (χ1) is 23.8. The lowest BCUT2D eigenvalue weighted by Gasteiger charge is -2.43. The van der Waals surface area contributed by atoms with E-state index >= 15 is 0 Å². The van der Waals surface area contributed by atoms with Crippen LogP contribution in [0.25, 0.3) is 0 Å². The fourth-order valence-electron chi connectivity index (χ4n) is 5.46. The van der Waals surface area contributed by atoms with Gasteiger partial charge < -0.3 is 28.8 Å². The van der Waals surface area contributed by atoms with Gasteiger partial charge in [-0.1, -0.05) is 147 Å². The summed E-state index contributed by atoms with van der Waals surface area (Å²) < 4.78 is 33.2. The molecule has 256 valence electrons. The SMILES string of the molecule is C[Si](C)(C)C#C[C@H](O)C/C=C1\O[C@H](COCc2ccccc2)[C@@H](OCc2ccccc2)[C@H](OCc2ccccc2)[C@H]1OCc1ccccc1. The van der Waals surface area contributed by atoms with Gasteiger partial charge in [0.05, 0.1) is 33.0 Å². The first kappa shape index (κ1) is 36.3. The molecule has 1 fully saturated rings. The Morgan fingerprint density at radius 1 is 0.653 bits per heavy atom. The Kier molecular flexibility index (Phi) is 13.8. The highest BCUT2D eigenvalue weighted by molar-refractivity contribution is 6.83. The van der Waals surface area contributed by atoms with Crippen molar-refractivity contribution in [2.45, 2.75) is 83.0 Å². The summed E-state index contributed by atoms with van der Waals surface area (Å²) in [5.74, 6) is 3.63. The highest BCUT2D eigenvalue weighted by Crippen LogP contribution is 2.33. The molecule has 1 heterocycles. The van der Waals surface area contributed by atoms with E-state index in [0.29, 0.717) is 32.2 Å². The van der Waals surface area contributed by atoms with Gasteiger partial charge in [-0.05, 0) is 28.3 Å². The molecule has 0 aliphatic carbocycles. The Balaban J connectivity index is 1.47. The minimum atomic E-state index is -1.66. The number of aliphatic hydroxyl groups excluding tert-OH is 1. The second-order valence-corrected chi connectivity index (χ2v) is 18.0. The summed E-state index contributed by atoms with van der Waals surface area (Å²) in [7, 11) is -1.66. The summed E-state index contributed by atoms with van der Waals surface area (Å²) in [6.45, 7) is 8.24. The van der Waals surface area contributed by atoms with Gasteiger partial charge in [-0.25, -0.2) is 0 Å². The van der Waals surface area contributed by atoms with E-state index in [9.17, 15) is 5.11 Å². The van der Waals surface area contributed by atoms with Crippen LogP contribution < -0.4 is 0 Å². The largest absolute Gasteiger partial charge is 0.487 e. The van der Waals surface area contributed by atoms with Crippen molar-refractivity contribution in [3.8, 4) is 11.5 Å². The minimum absolute atomic E-state index is 0.264. The molecule has 0 spiro atoms.